The third-order valence-corrected chi connectivity index (χ3v) is 9.41. The van der Waals surface area contributed by atoms with Gasteiger partial charge in [-0.2, -0.15) is 0 Å². The second-order valence-corrected chi connectivity index (χ2v) is 12.5. The van der Waals surface area contributed by atoms with Gasteiger partial charge in [0.15, 0.2) is 23.1 Å². The Hall–Kier alpha value is -7.05. The second kappa shape index (κ2) is 11.8. The number of pyridine rings is 2. The third kappa shape index (κ3) is 4.92. The maximum atomic E-state index is 6.39. The number of benzene rings is 6. The fourth-order valence-electron chi connectivity index (χ4n) is 7.01. The first kappa shape index (κ1) is 28.9. The summed E-state index contributed by atoms with van der Waals surface area (Å²) in [7, 11) is 0. The quantitative estimate of drug-likeness (QED) is 0.184. The Balaban J connectivity index is 1.19. The monoisotopic (exact) mass is 653 g/mol. The summed E-state index contributed by atoms with van der Waals surface area (Å²) in [5, 5.41) is 5.25. The van der Waals surface area contributed by atoms with Crippen LogP contribution in [-0.2, 0) is 0 Å². The van der Waals surface area contributed by atoms with Crippen molar-refractivity contribution in [3.05, 3.63) is 164 Å². The topological polar surface area (TPSA) is 77.6 Å². The van der Waals surface area contributed by atoms with E-state index in [0.717, 1.165) is 77.1 Å². The van der Waals surface area contributed by atoms with Crippen molar-refractivity contribution in [3.8, 4) is 56.7 Å². The number of hydrogen-bond donors (Lipinski definition) is 0. The lowest BCUT2D eigenvalue weighted by atomic mass is 9.92. The SMILES string of the molecule is c1ccc(-c2nc(-c3ccccc3)nc(-c3ccc(-c4cc(-c5nccc6c5oc5ccccc56)nc5ccccc45)c4ccccc34)n2)cc1. The van der Waals surface area contributed by atoms with Gasteiger partial charge in [0.05, 0.1) is 11.2 Å². The highest BCUT2D eigenvalue weighted by Gasteiger charge is 2.20. The normalized spacial score (nSPS) is 11.5. The predicted octanol–water partition coefficient (Wildman–Crippen LogP) is 11.2. The second-order valence-electron chi connectivity index (χ2n) is 12.5. The average molecular weight is 654 g/mol. The fraction of sp³-hybridized carbons (Fsp3) is 0. The number of furan rings is 1. The van der Waals surface area contributed by atoms with Crippen LogP contribution in [0.5, 0.6) is 0 Å². The van der Waals surface area contributed by atoms with Crippen LogP contribution in [0.2, 0.25) is 0 Å². The Morgan fingerprint density at radius 2 is 0.961 bits per heavy atom. The summed E-state index contributed by atoms with van der Waals surface area (Å²) in [6, 6.07) is 53.4. The molecule has 0 bridgehead atoms. The molecule has 6 aromatic carbocycles. The molecule has 238 valence electrons. The third-order valence-electron chi connectivity index (χ3n) is 9.41. The highest BCUT2D eigenvalue weighted by molar-refractivity contribution is 6.11. The van der Waals surface area contributed by atoms with E-state index in [0.29, 0.717) is 23.2 Å². The van der Waals surface area contributed by atoms with E-state index in [1.165, 1.54) is 0 Å². The molecule has 0 fully saturated rings. The number of fused-ring (bicyclic) bond motifs is 5. The maximum absolute atomic E-state index is 6.39. The molecule has 0 amide bonds. The van der Waals surface area contributed by atoms with Gasteiger partial charge in [0.2, 0.25) is 0 Å². The first-order chi connectivity index (χ1) is 25.3. The first-order valence-electron chi connectivity index (χ1n) is 16.8. The molecule has 10 aromatic rings. The molecule has 4 aromatic heterocycles. The van der Waals surface area contributed by atoms with Gasteiger partial charge in [-0.05, 0) is 52.2 Å². The van der Waals surface area contributed by atoms with Crippen LogP contribution >= 0.6 is 0 Å². The average Bonchev–Trinajstić information content (AvgIpc) is 3.60. The lowest BCUT2D eigenvalue weighted by Gasteiger charge is -2.15. The first-order valence-corrected chi connectivity index (χ1v) is 16.8. The molecule has 0 aliphatic carbocycles. The van der Waals surface area contributed by atoms with Gasteiger partial charge in [-0.15, -0.1) is 0 Å². The molecule has 51 heavy (non-hydrogen) atoms. The van der Waals surface area contributed by atoms with E-state index in [1.807, 2.05) is 97.2 Å². The van der Waals surface area contributed by atoms with Gasteiger partial charge in [0.25, 0.3) is 0 Å². The molecule has 0 aliphatic rings. The molecule has 0 aliphatic heterocycles. The van der Waals surface area contributed by atoms with E-state index in [1.54, 1.807) is 0 Å². The zero-order valence-corrected chi connectivity index (χ0v) is 27.2. The van der Waals surface area contributed by atoms with Gasteiger partial charge in [0.1, 0.15) is 11.3 Å². The highest BCUT2D eigenvalue weighted by Crippen LogP contribution is 2.41. The molecule has 0 unspecified atom stereocenters. The Labute approximate surface area is 292 Å². The van der Waals surface area contributed by atoms with Crippen molar-refractivity contribution in [1.29, 1.82) is 0 Å². The number of rotatable bonds is 5. The van der Waals surface area contributed by atoms with E-state index in [4.69, 9.17) is 29.3 Å². The van der Waals surface area contributed by atoms with E-state index in [9.17, 15) is 0 Å². The summed E-state index contributed by atoms with van der Waals surface area (Å²) in [4.78, 5) is 25.0. The number of hydrogen-bond acceptors (Lipinski definition) is 6. The minimum atomic E-state index is 0.617. The summed E-state index contributed by atoms with van der Waals surface area (Å²) in [6.45, 7) is 0. The smallest absolute Gasteiger partial charge is 0.164 e. The van der Waals surface area contributed by atoms with Crippen LogP contribution in [0, 0.1) is 0 Å². The van der Waals surface area contributed by atoms with Gasteiger partial charge in [0, 0.05) is 39.0 Å². The van der Waals surface area contributed by atoms with Crippen molar-refractivity contribution in [1.82, 2.24) is 24.9 Å². The Bertz CT molecular complexity index is 2860. The molecule has 0 atom stereocenters. The minimum absolute atomic E-state index is 0.617. The molecular weight excluding hydrogens is 627 g/mol. The van der Waals surface area contributed by atoms with Gasteiger partial charge in [-0.1, -0.05) is 127 Å². The van der Waals surface area contributed by atoms with Crippen molar-refractivity contribution >= 4 is 43.6 Å². The number of nitrogens with zero attached hydrogens (tertiary/aromatic N) is 5. The zero-order chi connectivity index (χ0) is 33.7. The van der Waals surface area contributed by atoms with Gasteiger partial charge >= 0.3 is 0 Å². The van der Waals surface area contributed by atoms with Crippen LogP contribution in [0.4, 0.5) is 0 Å². The minimum Gasteiger partial charge on any atom is -0.454 e. The summed E-state index contributed by atoms with van der Waals surface area (Å²) < 4.78 is 6.39. The van der Waals surface area contributed by atoms with Crippen molar-refractivity contribution in [3.63, 3.8) is 0 Å². The molecule has 10 rings (SSSR count). The molecule has 4 heterocycles. The Morgan fingerprint density at radius 3 is 1.69 bits per heavy atom. The molecule has 0 saturated heterocycles. The summed E-state index contributed by atoms with van der Waals surface area (Å²) in [6.07, 6.45) is 1.84. The lowest BCUT2D eigenvalue weighted by molar-refractivity contribution is 0.668. The molecule has 6 heteroatoms. The molecule has 0 spiro atoms. The van der Waals surface area contributed by atoms with E-state index >= 15 is 0 Å². The predicted molar refractivity (Wildman–Crippen MR) is 205 cm³/mol. The number of aromatic nitrogens is 5. The Morgan fingerprint density at radius 1 is 0.392 bits per heavy atom. The Kier molecular flexibility index (Phi) is 6.70. The summed E-state index contributed by atoms with van der Waals surface area (Å²) in [5.41, 5.74) is 8.82. The van der Waals surface area contributed by atoms with Crippen molar-refractivity contribution in [2.24, 2.45) is 0 Å². The van der Waals surface area contributed by atoms with E-state index in [2.05, 4.69) is 66.7 Å². The molecule has 0 N–H and O–H groups in total. The van der Waals surface area contributed by atoms with E-state index in [-0.39, 0.29) is 0 Å². The highest BCUT2D eigenvalue weighted by atomic mass is 16.3. The van der Waals surface area contributed by atoms with Crippen LogP contribution in [0.25, 0.3) is 100 Å². The van der Waals surface area contributed by atoms with Gasteiger partial charge in [-0.25, -0.2) is 19.9 Å². The van der Waals surface area contributed by atoms with Crippen LogP contribution in [0.1, 0.15) is 0 Å². The van der Waals surface area contributed by atoms with Crippen LogP contribution < -0.4 is 0 Å². The van der Waals surface area contributed by atoms with E-state index < -0.39 is 0 Å². The van der Waals surface area contributed by atoms with Crippen molar-refractivity contribution in [2.45, 2.75) is 0 Å². The standard InChI is InChI=1S/C45H27N5O/c1-3-13-28(14-4-1)43-48-44(29-15-5-2-6-16-29)50-45(49-43)36-24-23-32(30-17-7-8-18-31(30)36)37-27-39(47-38-21-11-9-19-33(37)38)41-42-35(25-26-46-41)34-20-10-12-22-40(34)51-42/h1-27H. The maximum Gasteiger partial charge on any atom is 0.164 e. The van der Waals surface area contributed by atoms with Crippen molar-refractivity contribution < 1.29 is 4.42 Å². The molecule has 6 nitrogen and oxygen atoms in total. The van der Waals surface area contributed by atoms with Crippen LogP contribution in [-0.4, -0.2) is 24.9 Å². The number of para-hydroxylation sites is 2. The van der Waals surface area contributed by atoms with Crippen LogP contribution in [0.15, 0.2) is 168 Å². The van der Waals surface area contributed by atoms with Crippen molar-refractivity contribution in [2.75, 3.05) is 0 Å². The molecule has 0 saturated carbocycles. The zero-order valence-electron chi connectivity index (χ0n) is 27.2. The van der Waals surface area contributed by atoms with Gasteiger partial charge < -0.3 is 4.42 Å². The van der Waals surface area contributed by atoms with Crippen LogP contribution in [0.3, 0.4) is 0 Å². The molecular formula is C45H27N5O. The van der Waals surface area contributed by atoms with Gasteiger partial charge in [-0.3, -0.25) is 4.98 Å². The lowest BCUT2D eigenvalue weighted by Crippen LogP contribution is -2.00. The summed E-state index contributed by atoms with van der Waals surface area (Å²) in [5.74, 6) is 1.88. The molecule has 0 radical (unpaired) electrons. The fourth-order valence-corrected chi connectivity index (χ4v) is 7.01. The largest absolute Gasteiger partial charge is 0.454 e. The summed E-state index contributed by atoms with van der Waals surface area (Å²) >= 11 is 0.